The number of hydrogen-bond donors (Lipinski definition) is 2. The van der Waals surface area contributed by atoms with Gasteiger partial charge in [-0.1, -0.05) is 13.8 Å². The zero-order chi connectivity index (χ0) is 12.8. The van der Waals surface area contributed by atoms with Crippen LogP contribution in [0.4, 0.5) is 5.82 Å². The van der Waals surface area contributed by atoms with E-state index >= 15 is 0 Å². The van der Waals surface area contributed by atoms with Gasteiger partial charge in [0.1, 0.15) is 12.1 Å². The highest BCUT2D eigenvalue weighted by Crippen LogP contribution is 2.20. The summed E-state index contributed by atoms with van der Waals surface area (Å²) in [5.41, 5.74) is 6.90. The lowest BCUT2D eigenvalue weighted by Gasteiger charge is -2.17. The molecule has 3 N–H and O–H groups in total. The average Bonchev–Trinajstić information content (AvgIpc) is 2.30. The molecule has 0 spiro atoms. The topological polar surface area (TPSA) is 73.1 Å². The first-order valence-electron chi connectivity index (χ1n) is 6.00. The largest absolute Gasteiger partial charge is 0.478 e. The van der Waals surface area contributed by atoms with E-state index in [4.69, 9.17) is 10.5 Å². The van der Waals surface area contributed by atoms with Crippen molar-refractivity contribution in [1.82, 2.24) is 9.97 Å². The van der Waals surface area contributed by atoms with E-state index in [0.29, 0.717) is 24.9 Å². The van der Waals surface area contributed by atoms with Crippen molar-refractivity contribution in [3.8, 4) is 5.88 Å². The molecule has 0 bridgehead atoms. The van der Waals surface area contributed by atoms with Gasteiger partial charge >= 0.3 is 0 Å². The summed E-state index contributed by atoms with van der Waals surface area (Å²) in [5.74, 6) is 1.86. The zero-order valence-corrected chi connectivity index (χ0v) is 11.0. The second-order valence-corrected chi connectivity index (χ2v) is 4.37. The van der Waals surface area contributed by atoms with E-state index in [9.17, 15) is 0 Å². The van der Waals surface area contributed by atoms with Crippen LogP contribution in [0.2, 0.25) is 0 Å². The molecular formula is C12H22N4O. The predicted molar refractivity (Wildman–Crippen MR) is 69.2 cm³/mol. The van der Waals surface area contributed by atoms with E-state index < -0.39 is 0 Å². The van der Waals surface area contributed by atoms with Gasteiger partial charge in [-0.25, -0.2) is 9.97 Å². The molecule has 0 radical (unpaired) electrons. The Hall–Kier alpha value is -1.36. The molecule has 0 saturated heterocycles. The Bertz CT molecular complexity index is 354. The van der Waals surface area contributed by atoms with Crippen molar-refractivity contribution >= 4 is 5.82 Å². The van der Waals surface area contributed by atoms with Gasteiger partial charge in [0.25, 0.3) is 0 Å². The molecule has 1 rings (SSSR count). The monoisotopic (exact) mass is 238 g/mol. The summed E-state index contributed by atoms with van der Waals surface area (Å²) in [7, 11) is 0. The maximum atomic E-state index is 5.97. The number of rotatable bonds is 6. The van der Waals surface area contributed by atoms with Crippen molar-refractivity contribution < 1.29 is 4.74 Å². The Morgan fingerprint density at radius 1 is 1.41 bits per heavy atom. The minimum Gasteiger partial charge on any atom is -0.478 e. The van der Waals surface area contributed by atoms with Crippen LogP contribution in [0.1, 0.15) is 26.3 Å². The highest BCUT2D eigenvalue weighted by atomic mass is 16.5. The number of nitrogens with one attached hydrogen (secondary N) is 1. The molecule has 5 heteroatoms. The van der Waals surface area contributed by atoms with Gasteiger partial charge in [-0.3, -0.25) is 0 Å². The smallest absolute Gasteiger partial charge is 0.221 e. The summed E-state index contributed by atoms with van der Waals surface area (Å²) in [5, 5.41) is 3.24. The van der Waals surface area contributed by atoms with E-state index in [1.165, 1.54) is 6.33 Å². The molecule has 1 unspecified atom stereocenters. The quantitative estimate of drug-likeness (QED) is 0.787. The molecule has 0 aromatic carbocycles. The van der Waals surface area contributed by atoms with Crippen LogP contribution in [0.3, 0.4) is 0 Å². The Kier molecular flexibility index (Phi) is 5.15. The molecule has 0 fully saturated rings. The molecule has 1 aromatic rings. The average molecular weight is 238 g/mol. The molecule has 5 nitrogen and oxygen atoms in total. The number of ether oxygens (including phenoxy) is 1. The van der Waals surface area contributed by atoms with Crippen molar-refractivity contribution in [1.29, 1.82) is 0 Å². The first kappa shape index (κ1) is 13.7. The number of nitrogens with two attached hydrogens (primary N) is 1. The molecule has 1 heterocycles. The van der Waals surface area contributed by atoms with Crippen molar-refractivity contribution in [2.75, 3.05) is 18.5 Å². The van der Waals surface area contributed by atoms with Gasteiger partial charge in [0.2, 0.25) is 5.88 Å². The Labute approximate surface area is 103 Å². The third-order valence-electron chi connectivity index (χ3n) is 2.68. The van der Waals surface area contributed by atoms with Crippen molar-refractivity contribution in [2.45, 2.75) is 33.7 Å². The summed E-state index contributed by atoms with van der Waals surface area (Å²) in [6.07, 6.45) is 1.50. The minimum atomic E-state index is 0.111. The van der Waals surface area contributed by atoms with E-state index in [2.05, 4.69) is 29.1 Å². The standard InChI is InChI=1S/C12H22N4O/c1-5-17-12-9(4)11(15-7-16-12)14-6-10(13)8(2)3/h7-8,10H,5-6,13H2,1-4H3,(H,14,15,16). The second-order valence-electron chi connectivity index (χ2n) is 4.37. The summed E-state index contributed by atoms with van der Waals surface area (Å²) < 4.78 is 5.41. The zero-order valence-electron chi connectivity index (χ0n) is 11.0. The first-order valence-corrected chi connectivity index (χ1v) is 6.00. The molecule has 0 aliphatic carbocycles. The fraction of sp³-hybridized carbons (Fsp3) is 0.667. The van der Waals surface area contributed by atoms with Crippen LogP contribution in [-0.4, -0.2) is 29.2 Å². The number of aromatic nitrogens is 2. The fourth-order valence-corrected chi connectivity index (χ4v) is 1.34. The van der Waals surface area contributed by atoms with Crippen molar-refractivity contribution in [3.63, 3.8) is 0 Å². The molecule has 17 heavy (non-hydrogen) atoms. The van der Waals surface area contributed by atoms with Gasteiger partial charge in [-0.2, -0.15) is 0 Å². The third-order valence-corrected chi connectivity index (χ3v) is 2.68. The minimum absolute atomic E-state index is 0.111. The maximum Gasteiger partial charge on any atom is 0.221 e. The lowest BCUT2D eigenvalue weighted by atomic mass is 10.1. The number of nitrogens with zero attached hydrogens (tertiary/aromatic N) is 2. The SMILES string of the molecule is CCOc1ncnc(NCC(N)C(C)C)c1C. The Morgan fingerprint density at radius 2 is 2.12 bits per heavy atom. The summed E-state index contributed by atoms with van der Waals surface area (Å²) in [4.78, 5) is 8.28. The molecular weight excluding hydrogens is 216 g/mol. The highest BCUT2D eigenvalue weighted by Gasteiger charge is 2.11. The van der Waals surface area contributed by atoms with E-state index in [1.54, 1.807) is 0 Å². The molecule has 96 valence electrons. The molecule has 0 saturated carbocycles. The van der Waals surface area contributed by atoms with Gasteiger partial charge in [0, 0.05) is 12.6 Å². The van der Waals surface area contributed by atoms with Gasteiger partial charge < -0.3 is 15.8 Å². The predicted octanol–water partition coefficient (Wildman–Crippen LogP) is 1.58. The van der Waals surface area contributed by atoms with Crippen LogP contribution in [0.15, 0.2) is 6.33 Å². The highest BCUT2D eigenvalue weighted by molar-refractivity contribution is 5.47. The molecule has 0 amide bonds. The lowest BCUT2D eigenvalue weighted by Crippen LogP contribution is -2.34. The van der Waals surface area contributed by atoms with Crippen LogP contribution >= 0.6 is 0 Å². The van der Waals surface area contributed by atoms with Crippen LogP contribution in [0.25, 0.3) is 0 Å². The summed E-state index contributed by atoms with van der Waals surface area (Å²) in [6, 6.07) is 0.111. The fourth-order valence-electron chi connectivity index (χ4n) is 1.34. The van der Waals surface area contributed by atoms with E-state index in [0.717, 1.165) is 11.4 Å². The van der Waals surface area contributed by atoms with E-state index in [1.807, 2.05) is 13.8 Å². The van der Waals surface area contributed by atoms with Gasteiger partial charge in [0.05, 0.1) is 12.2 Å². The Balaban J connectivity index is 2.68. The molecule has 1 aromatic heterocycles. The van der Waals surface area contributed by atoms with Crippen LogP contribution in [0.5, 0.6) is 5.88 Å². The molecule has 1 atom stereocenters. The summed E-state index contributed by atoms with van der Waals surface area (Å²) >= 11 is 0. The molecule has 0 aliphatic heterocycles. The third kappa shape index (κ3) is 3.85. The van der Waals surface area contributed by atoms with Crippen molar-refractivity contribution in [2.24, 2.45) is 11.7 Å². The number of anilines is 1. The second kappa shape index (κ2) is 6.39. The summed E-state index contributed by atoms with van der Waals surface area (Å²) in [6.45, 7) is 9.37. The van der Waals surface area contributed by atoms with Gasteiger partial charge in [-0.15, -0.1) is 0 Å². The van der Waals surface area contributed by atoms with Crippen LogP contribution in [-0.2, 0) is 0 Å². The molecule has 0 aliphatic rings. The number of hydrogen-bond acceptors (Lipinski definition) is 5. The lowest BCUT2D eigenvalue weighted by molar-refractivity contribution is 0.324. The van der Waals surface area contributed by atoms with E-state index in [-0.39, 0.29) is 6.04 Å². The normalized spacial score (nSPS) is 12.6. The maximum absolute atomic E-state index is 5.97. The Morgan fingerprint density at radius 3 is 2.71 bits per heavy atom. The van der Waals surface area contributed by atoms with Crippen LogP contribution in [0, 0.1) is 12.8 Å². The first-order chi connectivity index (χ1) is 8.06. The van der Waals surface area contributed by atoms with Gasteiger partial charge in [0.15, 0.2) is 0 Å². The van der Waals surface area contributed by atoms with Crippen LogP contribution < -0.4 is 15.8 Å². The van der Waals surface area contributed by atoms with Crippen molar-refractivity contribution in [3.05, 3.63) is 11.9 Å². The van der Waals surface area contributed by atoms with Gasteiger partial charge in [-0.05, 0) is 19.8 Å².